The normalized spacial score (nSPS) is 14.1. The maximum atomic E-state index is 12.6. The van der Waals surface area contributed by atoms with E-state index in [-0.39, 0.29) is 0 Å². The van der Waals surface area contributed by atoms with Crippen molar-refractivity contribution in [3.05, 3.63) is 35.4 Å². The van der Waals surface area contributed by atoms with Gasteiger partial charge in [0.2, 0.25) is 0 Å². The van der Waals surface area contributed by atoms with Crippen LogP contribution in [0.1, 0.15) is 23.3 Å². The molecule has 1 aromatic carbocycles. The van der Waals surface area contributed by atoms with Crippen LogP contribution in [-0.4, -0.2) is 8.42 Å². The molecule has 1 rings (SSSR count). The third kappa shape index (κ3) is 2.52. The number of aryl methyl sites for hydroxylation is 1. The van der Waals surface area contributed by atoms with Crippen LogP contribution >= 0.6 is 0 Å². The summed E-state index contributed by atoms with van der Waals surface area (Å²) in [7, 11) is -4.47. The molecule has 13 heavy (non-hydrogen) atoms. The van der Waals surface area contributed by atoms with Gasteiger partial charge >= 0.3 is 10.2 Å². The summed E-state index contributed by atoms with van der Waals surface area (Å²) in [4.78, 5) is 0. The number of halogens is 1. The summed E-state index contributed by atoms with van der Waals surface area (Å²) in [5.74, 6) is 0. The van der Waals surface area contributed by atoms with Gasteiger partial charge in [-0.05, 0) is 19.4 Å². The van der Waals surface area contributed by atoms with Gasteiger partial charge in [-0.3, -0.25) is 0 Å². The molecule has 0 saturated carbocycles. The molecule has 4 heteroatoms. The van der Waals surface area contributed by atoms with E-state index in [4.69, 9.17) is 0 Å². The van der Waals surface area contributed by atoms with E-state index in [1.807, 2.05) is 13.0 Å². The van der Waals surface area contributed by atoms with Gasteiger partial charge in [0.05, 0.1) is 0 Å². The molecule has 0 aliphatic rings. The van der Waals surface area contributed by atoms with Gasteiger partial charge < -0.3 is 0 Å². The highest BCUT2D eigenvalue weighted by molar-refractivity contribution is 7.86. The number of rotatable bonds is 2. The molecule has 0 heterocycles. The fourth-order valence-corrected chi connectivity index (χ4v) is 1.56. The van der Waals surface area contributed by atoms with Crippen LogP contribution in [-0.2, 0) is 10.2 Å². The van der Waals surface area contributed by atoms with Gasteiger partial charge in [-0.25, -0.2) is 0 Å². The Labute approximate surface area is 77.6 Å². The molecule has 2 nitrogen and oxygen atoms in total. The molecule has 0 aliphatic carbocycles. The standard InChI is InChI=1S/C9H11FO2S/c1-7-4-3-5-9(6-7)8(2)13(10,11)12/h3-6,8H,1-2H3. The van der Waals surface area contributed by atoms with E-state index in [0.717, 1.165) is 5.56 Å². The molecule has 0 aromatic heterocycles. The third-order valence-corrected chi connectivity index (χ3v) is 3.05. The first-order chi connectivity index (χ1) is 5.91. The van der Waals surface area contributed by atoms with Crippen molar-refractivity contribution in [1.29, 1.82) is 0 Å². The van der Waals surface area contributed by atoms with Gasteiger partial charge in [0.1, 0.15) is 5.25 Å². The van der Waals surface area contributed by atoms with Crippen molar-refractivity contribution < 1.29 is 12.3 Å². The molecular formula is C9H11FO2S. The van der Waals surface area contributed by atoms with E-state index in [1.54, 1.807) is 18.2 Å². The monoisotopic (exact) mass is 202 g/mol. The minimum absolute atomic E-state index is 0.488. The molecule has 0 spiro atoms. The second-order valence-electron chi connectivity index (χ2n) is 3.03. The second-order valence-corrected chi connectivity index (χ2v) is 4.69. The Bertz CT molecular complexity index is 398. The van der Waals surface area contributed by atoms with Crippen molar-refractivity contribution in [3.8, 4) is 0 Å². The van der Waals surface area contributed by atoms with Crippen LogP contribution in [0.15, 0.2) is 24.3 Å². The van der Waals surface area contributed by atoms with Crippen molar-refractivity contribution in [1.82, 2.24) is 0 Å². The maximum absolute atomic E-state index is 12.6. The predicted molar refractivity (Wildman–Crippen MR) is 49.6 cm³/mol. The first-order valence-corrected chi connectivity index (χ1v) is 5.36. The Balaban J connectivity index is 3.10. The Morgan fingerprint density at radius 3 is 2.46 bits per heavy atom. The Kier molecular flexibility index (Phi) is 2.71. The predicted octanol–water partition coefficient (Wildman–Crippen LogP) is 2.36. The van der Waals surface area contributed by atoms with E-state index in [2.05, 4.69) is 0 Å². The van der Waals surface area contributed by atoms with E-state index >= 15 is 0 Å². The highest BCUT2D eigenvalue weighted by Crippen LogP contribution is 2.23. The minimum Gasteiger partial charge on any atom is -0.194 e. The summed E-state index contributed by atoms with van der Waals surface area (Å²) in [5.41, 5.74) is 1.41. The van der Waals surface area contributed by atoms with Gasteiger partial charge in [-0.15, -0.1) is 3.89 Å². The summed E-state index contributed by atoms with van der Waals surface area (Å²) in [6.07, 6.45) is 0. The fraction of sp³-hybridized carbons (Fsp3) is 0.333. The SMILES string of the molecule is Cc1cccc(C(C)S(=O)(=O)F)c1. The van der Waals surface area contributed by atoms with Gasteiger partial charge in [-0.2, -0.15) is 8.42 Å². The van der Waals surface area contributed by atoms with Gasteiger partial charge in [0, 0.05) is 0 Å². The zero-order valence-electron chi connectivity index (χ0n) is 7.49. The van der Waals surface area contributed by atoms with Crippen LogP contribution in [0.4, 0.5) is 3.89 Å². The molecule has 0 saturated heterocycles. The third-order valence-electron chi connectivity index (χ3n) is 1.93. The molecule has 1 atom stereocenters. The molecule has 72 valence electrons. The lowest BCUT2D eigenvalue weighted by Crippen LogP contribution is -2.03. The zero-order valence-corrected chi connectivity index (χ0v) is 8.31. The molecule has 0 aliphatic heterocycles. The van der Waals surface area contributed by atoms with Crippen LogP contribution in [0.25, 0.3) is 0 Å². The van der Waals surface area contributed by atoms with Crippen LogP contribution in [0, 0.1) is 6.92 Å². The van der Waals surface area contributed by atoms with E-state index in [9.17, 15) is 12.3 Å². The first-order valence-electron chi connectivity index (χ1n) is 3.91. The largest absolute Gasteiger partial charge is 0.309 e. The summed E-state index contributed by atoms with van der Waals surface area (Å²) in [6, 6.07) is 6.82. The Morgan fingerprint density at radius 1 is 1.38 bits per heavy atom. The lowest BCUT2D eigenvalue weighted by Gasteiger charge is -2.06. The van der Waals surface area contributed by atoms with E-state index in [0.29, 0.717) is 5.56 Å². The van der Waals surface area contributed by atoms with Crippen LogP contribution < -0.4 is 0 Å². The smallest absolute Gasteiger partial charge is 0.194 e. The quantitative estimate of drug-likeness (QED) is 0.690. The molecule has 0 amide bonds. The topological polar surface area (TPSA) is 34.1 Å². The molecule has 0 bridgehead atoms. The fourth-order valence-electron chi connectivity index (χ4n) is 1.09. The Hall–Kier alpha value is -0.900. The van der Waals surface area contributed by atoms with E-state index in [1.165, 1.54) is 6.92 Å². The summed E-state index contributed by atoms with van der Waals surface area (Å²) in [5, 5.41) is -1.08. The summed E-state index contributed by atoms with van der Waals surface area (Å²) < 4.78 is 33.7. The van der Waals surface area contributed by atoms with Gasteiger partial charge in [0.25, 0.3) is 0 Å². The van der Waals surface area contributed by atoms with Crippen molar-refractivity contribution in [3.63, 3.8) is 0 Å². The molecule has 0 N–H and O–H groups in total. The van der Waals surface area contributed by atoms with Crippen molar-refractivity contribution in [2.24, 2.45) is 0 Å². The number of hydrogen-bond donors (Lipinski definition) is 0. The highest BCUT2D eigenvalue weighted by Gasteiger charge is 2.20. The number of hydrogen-bond acceptors (Lipinski definition) is 2. The molecule has 1 unspecified atom stereocenters. The van der Waals surface area contributed by atoms with Crippen LogP contribution in [0.3, 0.4) is 0 Å². The zero-order chi connectivity index (χ0) is 10.1. The van der Waals surface area contributed by atoms with Crippen LogP contribution in [0.5, 0.6) is 0 Å². The lowest BCUT2D eigenvalue weighted by molar-refractivity contribution is 0.540. The van der Waals surface area contributed by atoms with Crippen molar-refractivity contribution in [2.75, 3.05) is 0 Å². The molecule has 0 radical (unpaired) electrons. The van der Waals surface area contributed by atoms with Gasteiger partial charge in [0.15, 0.2) is 0 Å². The van der Waals surface area contributed by atoms with Crippen molar-refractivity contribution >= 4 is 10.2 Å². The highest BCUT2D eigenvalue weighted by atomic mass is 32.3. The minimum atomic E-state index is -4.47. The molecular weight excluding hydrogens is 191 g/mol. The molecule has 0 fully saturated rings. The Morgan fingerprint density at radius 2 is 2.00 bits per heavy atom. The van der Waals surface area contributed by atoms with Crippen LogP contribution in [0.2, 0.25) is 0 Å². The molecule has 1 aromatic rings. The van der Waals surface area contributed by atoms with Crippen molar-refractivity contribution in [2.45, 2.75) is 19.1 Å². The average Bonchev–Trinajstić information content (AvgIpc) is 2.01. The summed E-state index contributed by atoms with van der Waals surface area (Å²) in [6.45, 7) is 3.17. The first kappa shape index (κ1) is 10.2. The average molecular weight is 202 g/mol. The summed E-state index contributed by atoms with van der Waals surface area (Å²) >= 11 is 0. The second kappa shape index (κ2) is 3.46. The van der Waals surface area contributed by atoms with E-state index < -0.39 is 15.5 Å². The lowest BCUT2D eigenvalue weighted by atomic mass is 10.1. The van der Waals surface area contributed by atoms with Gasteiger partial charge in [-0.1, -0.05) is 29.8 Å². The number of benzene rings is 1. The maximum Gasteiger partial charge on any atom is 0.309 e.